The second-order valence-electron chi connectivity index (χ2n) is 3.65. The van der Waals surface area contributed by atoms with Gasteiger partial charge in [0, 0.05) is 19.6 Å². The Labute approximate surface area is 102 Å². The molecule has 0 saturated carbocycles. The van der Waals surface area contributed by atoms with Crippen molar-refractivity contribution in [2.75, 3.05) is 13.2 Å². The molecule has 1 aromatic rings. The minimum absolute atomic E-state index is 0.167. The highest BCUT2D eigenvalue weighted by Crippen LogP contribution is 2.40. The molecule has 4 heteroatoms. The third-order valence-corrected chi connectivity index (χ3v) is 2.65. The summed E-state index contributed by atoms with van der Waals surface area (Å²) in [4.78, 5) is 0. The molecule has 0 atom stereocenters. The van der Waals surface area contributed by atoms with Gasteiger partial charge in [-0.25, -0.2) is 0 Å². The van der Waals surface area contributed by atoms with Gasteiger partial charge in [0.05, 0.1) is 5.56 Å². The molecule has 0 aliphatic carbocycles. The number of rotatable bonds is 6. The van der Waals surface area contributed by atoms with Gasteiger partial charge in [-0.1, -0.05) is 13.0 Å². The summed E-state index contributed by atoms with van der Waals surface area (Å²) >= 11 is 0. The number of aromatic hydroxyl groups is 2. The largest absolute Gasteiger partial charge is 0.504 e. The summed E-state index contributed by atoms with van der Waals surface area (Å²) in [5.41, 5.74) is 0.462. The quantitative estimate of drug-likeness (QED) is 0.593. The molecule has 17 heavy (non-hydrogen) atoms. The molecule has 1 aromatic carbocycles. The maximum atomic E-state index is 9.91. The van der Waals surface area contributed by atoms with Crippen molar-refractivity contribution in [2.45, 2.75) is 33.0 Å². The predicted molar refractivity (Wildman–Crippen MR) is 65.0 cm³/mol. The Hall–Kier alpha value is -1.26. The Morgan fingerprint density at radius 1 is 1.06 bits per heavy atom. The van der Waals surface area contributed by atoms with Crippen LogP contribution in [0.5, 0.6) is 11.5 Å². The first-order valence-corrected chi connectivity index (χ1v) is 5.90. The zero-order chi connectivity index (χ0) is 12.9. The smallest absolute Gasteiger partial charge is 0.198 e. The van der Waals surface area contributed by atoms with Crippen LogP contribution in [0, 0.1) is 0 Å². The van der Waals surface area contributed by atoms with E-state index in [1.165, 1.54) is 6.07 Å². The lowest BCUT2D eigenvalue weighted by molar-refractivity contribution is -0.245. The summed E-state index contributed by atoms with van der Waals surface area (Å²) in [7, 11) is 0. The van der Waals surface area contributed by atoms with Crippen molar-refractivity contribution >= 4 is 0 Å². The molecule has 1 rings (SSSR count). The first kappa shape index (κ1) is 13.8. The monoisotopic (exact) mass is 240 g/mol. The summed E-state index contributed by atoms with van der Waals surface area (Å²) < 4.78 is 11.3. The summed E-state index contributed by atoms with van der Waals surface area (Å²) in [6.45, 7) is 6.56. The molecule has 0 unspecified atom stereocenters. The van der Waals surface area contributed by atoms with E-state index in [9.17, 15) is 10.2 Å². The van der Waals surface area contributed by atoms with Crippen molar-refractivity contribution in [3.8, 4) is 11.5 Å². The fourth-order valence-electron chi connectivity index (χ4n) is 1.90. The van der Waals surface area contributed by atoms with E-state index >= 15 is 0 Å². The summed E-state index contributed by atoms with van der Waals surface area (Å²) in [6.07, 6.45) is 0.547. The van der Waals surface area contributed by atoms with E-state index < -0.39 is 5.79 Å². The normalized spacial score (nSPS) is 11.7. The Balaban J connectivity index is 3.24. The first-order chi connectivity index (χ1) is 8.11. The van der Waals surface area contributed by atoms with Gasteiger partial charge in [-0.3, -0.25) is 0 Å². The number of phenolic OH excluding ortho intramolecular Hbond substituents is 2. The van der Waals surface area contributed by atoms with Crippen LogP contribution in [0.1, 0.15) is 32.8 Å². The molecule has 0 bridgehead atoms. The Bertz CT molecular complexity index is 356. The molecule has 2 N–H and O–H groups in total. The Kier molecular flexibility index (Phi) is 4.78. The van der Waals surface area contributed by atoms with E-state index in [0.717, 1.165) is 0 Å². The van der Waals surface area contributed by atoms with Crippen LogP contribution in [0.2, 0.25) is 0 Å². The van der Waals surface area contributed by atoms with E-state index in [2.05, 4.69) is 0 Å². The Morgan fingerprint density at radius 3 is 2.12 bits per heavy atom. The lowest BCUT2D eigenvalue weighted by Crippen LogP contribution is -2.32. The van der Waals surface area contributed by atoms with Crippen molar-refractivity contribution in [3.05, 3.63) is 23.8 Å². The molecule has 0 spiro atoms. The van der Waals surface area contributed by atoms with Crippen molar-refractivity contribution in [3.63, 3.8) is 0 Å². The SMILES string of the molecule is CCOC(CC)(OCC)c1cccc(O)c1O. The topological polar surface area (TPSA) is 58.9 Å². The van der Waals surface area contributed by atoms with Crippen LogP contribution in [0.15, 0.2) is 18.2 Å². The number of benzene rings is 1. The van der Waals surface area contributed by atoms with Gasteiger partial charge in [-0.2, -0.15) is 0 Å². The molecule has 96 valence electrons. The molecule has 0 heterocycles. The van der Waals surface area contributed by atoms with Crippen molar-refractivity contribution < 1.29 is 19.7 Å². The van der Waals surface area contributed by atoms with Gasteiger partial charge in [0.1, 0.15) is 0 Å². The molecule has 0 fully saturated rings. The third-order valence-electron chi connectivity index (χ3n) is 2.65. The average Bonchev–Trinajstić information content (AvgIpc) is 2.32. The van der Waals surface area contributed by atoms with Crippen LogP contribution in [0.4, 0.5) is 0 Å². The van der Waals surface area contributed by atoms with Crippen LogP contribution >= 0.6 is 0 Å². The molecular formula is C13H20O4. The van der Waals surface area contributed by atoms with Gasteiger partial charge >= 0.3 is 0 Å². The highest BCUT2D eigenvalue weighted by atomic mass is 16.7. The lowest BCUT2D eigenvalue weighted by atomic mass is 10.0. The highest BCUT2D eigenvalue weighted by molar-refractivity contribution is 5.46. The second kappa shape index (κ2) is 5.89. The van der Waals surface area contributed by atoms with Gasteiger partial charge in [0.15, 0.2) is 17.3 Å². The van der Waals surface area contributed by atoms with E-state index in [-0.39, 0.29) is 11.5 Å². The maximum absolute atomic E-state index is 9.91. The number of ether oxygens (including phenoxy) is 2. The number of hydrogen-bond acceptors (Lipinski definition) is 4. The van der Waals surface area contributed by atoms with Crippen LogP contribution in [-0.4, -0.2) is 23.4 Å². The standard InChI is InChI=1S/C13H20O4/c1-4-13(16-5-2,17-6-3)10-8-7-9-11(14)12(10)15/h7-9,14-15H,4-6H2,1-3H3. The highest BCUT2D eigenvalue weighted by Gasteiger charge is 2.35. The van der Waals surface area contributed by atoms with Crippen LogP contribution in [-0.2, 0) is 15.3 Å². The zero-order valence-electron chi connectivity index (χ0n) is 10.6. The molecule has 0 aliphatic heterocycles. The van der Waals surface area contributed by atoms with Gasteiger partial charge in [-0.15, -0.1) is 0 Å². The first-order valence-electron chi connectivity index (χ1n) is 5.90. The number of phenols is 2. The maximum Gasteiger partial charge on any atom is 0.198 e. The minimum Gasteiger partial charge on any atom is -0.504 e. The second-order valence-corrected chi connectivity index (χ2v) is 3.65. The van der Waals surface area contributed by atoms with Crippen molar-refractivity contribution in [1.82, 2.24) is 0 Å². The molecule has 0 aliphatic rings. The molecule has 0 amide bonds. The molecule has 0 saturated heterocycles. The van der Waals surface area contributed by atoms with Crippen LogP contribution in [0.25, 0.3) is 0 Å². The minimum atomic E-state index is -0.994. The summed E-state index contributed by atoms with van der Waals surface area (Å²) in [6, 6.07) is 4.79. The molecule has 0 aromatic heterocycles. The van der Waals surface area contributed by atoms with E-state index in [1.807, 2.05) is 20.8 Å². The average molecular weight is 240 g/mol. The van der Waals surface area contributed by atoms with E-state index in [4.69, 9.17) is 9.47 Å². The fraction of sp³-hybridized carbons (Fsp3) is 0.538. The third kappa shape index (κ3) is 2.70. The molecule has 0 radical (unpaired) electrons. The zero-order valence-corrected chi connectivity index (χ0v) is 10.6. The summed E-state index contributed by atoms with van der Waals surface area (Å²) in [5.74, 6) is -1.34. The molecule has 4 nitrogen and oxygen atoms in total. The van der Waals surface area contributed by atoms with Gasteiger partial charge in [0.25, 0.3) is 0 Å². The molecular weight excluding hydrogens is 220 g/mol. The van der Waals surface area contributed by atoms with Gasteiger partial charge < -0.3 is 19.7 Å². The van der Waals surface area contributed by atoms with Crippen molar-refractivity contribution in [2.24, 2.45) is 0 Å². The van der Waals surface area contributed by atoms with Gasteiger partial charge in [0.2, 0.25) is 0 Å². The van der Waals surface area contributed by atoms with E-state index in [1.54, 1.807) is 12.1 Å². The van der Waals surface area contributed by atoms with Crippen LogP contribution in [0.3, 0.4) is 0 Å². The van der Waals surface area contributed by atoms with Crippen LogP contribution < -0.4 is 0 Å². The predicted octanol–water partition coefficient (Wildman–Crippen LogP) is 2.73. The Morgan fingerprint density at radius 2 is 1.65 bits per heavy atom. The number of para-hydroxylation sites is 1. The van der Waals surface area contributed by atoms with Crippen molar-refractivity contribution in [1.29, 1.82) is 0 Å². The lowest BCUT2D eigenvalue weighted by Gasteiger charge is -2.33. The summed E-state index contributed by atoms with van der Waals surface area (Å²) in [5, 5.41) is 19.4. The van der Waals surface area contributed by atoms with Gasteiger partial charge in [-0.05, 0) is 26.0 Å². The fourth-order valence-corrected chi connectivity index (χ4v) is 1.90. The number of hydrogen-bond donors (Lipinski definition) is 2. The van der Waals surface area contributed by atoms with E-state index in [0.29, 0.717) is 25.2 Å².